The standard InChI is InChI=1S/C9H14N2O.C6H8N2/c1-11(2)8-3-4-9(10)7(5-8)6-12;7-5-2-1-3-6(8)4-5/h3-5,12H,6,10H2,1-2H3;1-4H,7-8H2. The molecule has 7 N–H and O–H groups in total. The van der Waals surface area contributed by atoms with E-state index >= 15 is 0 Å². The molecule has 0 aromatic heterocycles. The van der Waals surface area contributed by atoms with Gasteiger partial charge in [-0.15, -0.1) is 0 Å². The van der Waals surface area contributed by atoms with Crippen molar-refractivity contribution in [2.45, 2.75) is 6.61 Å². The summed E-state index contributed by atoms with van der Waals surface area (Å²) in [7, 11) is 3.90. The number of nitrogen functional groups attached to an aromatic ring is 3. The molecule has 0 aliphatic rings. The predicted octanol–water partition coefficient (Wildman–Crippen LogP) is 1.68. The molecular formula is C15H22N4O. The third-order valence-corrected chi connectivity index (χ3v) is 2.72. The number of nitrogens with zero attached hydrogens (tertiary/aromatic N) is 1. The highest BCUT2D eigenvalue weighted by molar-refractivity contribution is 5.57. The SMILES string of the molecule is CN(C)c1ccc(N)c(CO)c1.Nc1cccc(N)c1. The summed E-state index contributed by atoms with van der Waals surface area (Å²) in [6.07, 6.45) is 0. The zero-order valence-electron chi connectivity index (χ0n) is 11.9. The highest BCUT2D eigenvalue weighted by Gasteiger charge is 2.00. The van der Waals surface area contributed by atoms with E-state index in [-0.39, 0.29) is 6.61 Å². The number of hydrogen-bond acceptors (Lipinski definition) is 5. The lowest BCUT2D eigenvalue weighted by atomic mass is 10.1. The van der Waals surface area contributed by atoms with Crippen molar-refractivity contribution in [2.24, 2.45) is 0 Å². The van der Waals surface area contributed by atoms with E-state index in [0.717, 1.165) is 11.3 Å². The Bertz CT molecular complexity index is 538. The average molecular weight is 274 g/mol. The molecule has 5 nitrogen and oxygen atoms in total. The molecule has 0 saturated carbocycles. The van der Waals surface area contributed by atoms with Crippen molar-refractivity contribution in [1.29, 1.82) is 0 Å². The Hall–Kier alpha value is -2.40. The Balaban J connectivity index is 0.000000217. The highest BCUT2D eigenvalue weighted by atomic mass is 16.3. The van der Waals surface area contributed by atoms with Gasteiger partial charge in [0.15, 0.2) is 0 Å². The molecule has 5 heteroatoms. The van der Waals surface area contributed by atoms with Crippen LogP contribution in [0.2, 0.25) is 0 Å². The minimum Gasteiger partial charge on any atom is -0.399 e. The number of hydrogen-bond donors (Lipinski definition) is 4. The molecule has 2 aromatic carbocycles. The summed E-state index contributed by atoms with van der Waals surface area (Å²) in [6.45, 7) is -0.00644. The van der Waals surface area contributed by atoms with Crippen LogP contribution in [-0.2, 0) is 6.61 Å². The second kappa shape index (κ2) is 7.25. The fourth-order valence-electron chi connectivity index (χ4n) is 1.57. The van der Waals surface area contributed by atoms with Crippen molar-refractivity contribution < 1.29 is 5.11 Å². The molecule has 0 fully saturated rings. The van der Waals surface area contributed by atoms with Crippen molar-refractivity contribution in [1.82, 2.24) is 0 Å². The maximum atomic E-state index is 8.93. The van der Waals surface area contributed by atoms with Gasteiger partial charge >= 0.3 is 0 Å². The Morgan fingerprint density at radius 3 is 1.95 bits per heavy atom. The molecule has 0 unspecified atom stereocenters. The molecule has 0 amide bonds. The quantitative estimate of drug-likeness (QED) is 0.624. The maximum absolute atomic E-state index is 8.93. The zero-order valence-corrected chi connectivity index (χ0v) is 11.9. The lowest BCUT2D eigenvalue weighted by molar-refractivity contribution is 0.282. The van der Waals surface area contributed by atoms with E-state index in [9.17, 15) is 0 Å². The van der Waals surface area contributed by atoms with Crippen LogP contribution in [0.5, 0.6) is 0 Å². The summed E-state index contributed by atoms with van der Waals surface area (Å²) in [5, 5.41) is 8.93. The van der Waals surface area contributed by atoms with E-state index in [2.05, 4.69) is 0 Å². The minimum absolute atomic E-state index is 0.00644. The highest BCUT2D eigenvalue weighted by Crippen LogP contribution is 2.19. The largest absolute Gasteiger partial charge is 0.399 e. The second-order valence-corrected chi connectivity index (χ2v) is 4.61. The van der Waals surface area contributed by atoms with E-state index < -0.39 is 0 Å². The van der Waals surface area contributed by atoms with Gasteiger partial charge < -0.3 is 27.2 Å². The van der Waals surface area contributed by atoms with Crippen molar-refractivity contribution in [3.63, 3.8) is 0 Å². The molecule has 0 spiro atoms. The van der Waals surface area contributed by atoms with E-state index in [1.54, 1.807) is 24.3 Å². The number of aliphatic hydroxyl groups is 1. The monoisotopic (exact) mass is 274 g/mol. The van der Waals surface area contributed by atoms with E-state index in [1.165, 1.54) is 0 Å². The number of nitrogens with two attached hydrogens (primary N) is 3. The van der Waals surface area contributed by atoms with Gasteiger partial charge in [0.2, 0.25) is 0 Å². The van der Waals surface area contributed by atoms with Crippen molar-refractivity contribution in [2.75, 3.05) is 36.2 Å². The lowest BCUT2D eigenvalue weighted by Crippen LogP contribution is -2.09. The first-order chi connectivity index (χ1) is 9.43. The molecule has 0 aliphatic carbocycles. The molecular weight excluding hydrogens is 252 g/mol. The first kappa shape index (κ1) is 15.7. The second-order valence-electron chi connectivity index (χ2n) is 4.61. The van der Waals surface area contributed by atoms with Gasteiger partial charge in [-0.3, -0.25) is 0 Å². The Morgan fingerprint density at radius 2 is 1.55 bits per heavy atom. The van der Waals surface area contributed by atoms with Gasteiger partial charge in [-0.25, -0.2) is 0 Å². The average Bonchev–Trinajstić information content (AvgIpc) is 2.39. The van der Waals surface area contributed by atoms with Gasteiger partial charge in [0.05, 0.1) is 6.61 Å². The fourth-order valence-corrected chi connectivity index (χ4v) is 1.57. The molecule has 0 atom stereocenters. The zero-order chi connectivity index (χ0) is 15.1. The Labute approximate surface area is 119 Å². The molecule has 108 valence electrons. The van der Waals surface area contributed by atoms with Crippen LogP contribution in [0.15, 0.2) is 42.5 Å². The third-order valence-electron chi connectivity index (χ3n) is 2.72. The van der Waals surface area contributed by atoms with Gasteiger partial charge in [0.1, 0.15) is 0 Å². The summed E-state index contributed by atoms with van der Waals surface area (Å²) < 4.78 is 0. The van der Waals surface area contributed by atoms with Crippen LogP contribution in [-0.4, -0.2) is 19.2 Å². The van der Waals surface area contributed by atoms with Crippen LogP contribution in [0, 0.1) is 0 Å². The molecule has 0 heterocycles. The van der Waals surface area contributed by atoms with Crippen molar-refractivity contribution >= 4 is 22.7 Å². The molecule has 0 radical (unpaired) electrons. The Kier molecular flexibility index (Phi) is 5.68. The molecule has 20 heavy (non-hydrogen) atoms. The summed E-state index contributed by atoms with van der Waals surface area (Å²) in [6, 6.07) is 12.8. The van der Waals surface area contributed by atoms with Gasteiger partial charge in [0, 0.05) is 42.4 Å². The van der Waals surface area contributed by atoms with E-state index in [4.69, 9.17) is 22.3 Å². The summed E-state index contributed by atoms with van der Waals surface area (Å²) in [4.78, 5) is 1.97. The van der Waals surface area contributed by atoms with Crippen LogP contribution in [0.25, 0.3) is 0 Å². The third kappa shape index (κ3) is 4.70. The number of aliphatic hydroxyl groups excluding tert-OH is 1. The van der Waals surface area contributed by atoms with Gasteiger partial charge in [-0.1, -0.05) is 6.07 Å². The predicted molar refractivity (Wildman–Crippen MR) is 86.4 cm³/mol. The van der Waals surface area contributed by atoms with E-state index in [0.29, 0.717) is 17.1 Å². The smallest absolute Gasteiger partial charge is 0.0702 e. The van der Waals surface area contributed by atoms with Gasteiger partial charge in [-0.2, -0.15) is 0 Å². The van der Waals surface area contributed by atoms with Crippen molar-refractivity contribution in [3.05, 3.63) is 48.0 Å². The van der Waals surface area contributed by atoms with Gasteiger partial charge in [0.25, 0.3) is 0 Å². The Morgan fingerprint density at radius 1 is 0.950 bits per heavy atom. The molecule has 0 saturated heterocycles. The number of anilines is 4. The fraction of sp³-hybridized carbons (Fsp3) is 0.200. The number of benzene rings is 2. The van der Waals surface area contributed by atoms with Crippen LogP contribution < -0.4 is 22.1 Å². The summed E-state index contributed by atoms with van der Waals surface area (Å²) >= 11 is 0. The lowest BCUT2D eigenvalue weighted by Gasteiger charge is -2.14. The van der Waals surface area contributed by atoms with E-state index in [1.807, 2.05) is 37.2 Å². The van der Waals surface area contributed by atoms with Crippen LogP contribution in [0.1, 0.15) is 5.56 Å². The number of rotatable bonds is 2. The first-order valence-corrected chi connectivity index (χ1v) is 6.21. The molecule has 0 bridgehead atoms. The summed E-state index contributed by atoms with van der Waals surface area (Å²) in [5.74, 6) is 0. The van der Waals surface area contributed by atoms with Crippen LogP contribution in [0.3, 0.4) is 0 Å². The van der Waals surface area contributed by atoms with Crippen LogP contribution >= 0.6 is 0 Å². The topological polar surface area (TPSA) is 102 Å². The maximum Gasteiger partial charge on any atom is 0.0702 e. The normalized spacial score (nSPS) is 9.55. The van der Waals surface area contributed by atoms with Gasteiger partial charge in [-0.05, 0) is 36.4 Å². The molecule has 2 rings (SSSR count). The summed E-state index contributed by atoms with van der Waals surface area (Å²) in [5.41, 5.74) is 20.3. The molecule has 2 aromatic rings. The minimum atomic E-state index is -0.00644. The first-order valence-electron chi connectivity index (χ1n) is 6.21. The van der Waals surface area contributed by atoms with Crippen LogP contribution in [0.4, 0.5) is 22.7 Å². The molecule has 0 aliphatic heterocycles. The van der Waals surface area contributed by atoms with Crippen molar-refractivity contribution in [3.8, 4) is 0 Å².